The molecular weight excluding hydrogens is 1030 g/mol. The van der Waals surface area contributed by atoms with Crippen molar-refractivity contribution in [3.8, 4) is 0 Å². The summed E-state index contributed by atoms with van der Waals surface area (Å²) in [6, 6.07) is -1.02. The summed E-state index contributed by atoms with van der Waals surface area (Å²) in [5.41, 5.74) is 0. The lowest BCUT2D eigenvalue weighted by Crippen LogP contribution is -2.61. The van der Waals surface area contributed by atoms with Crippen LogP contribution in [0, 0.1) is 0 Å². The highest BCUT2D eigenvalue weighted by Crippen LogP contribution is 2.26. The van der Waals surface area contributed by atoms with E-state index in [1.165, 1.54) is 225 Å². The number of amides is 1. The Balaban J connectivity index is 2.52. The van der Waals surface area contributed by atoms with E-state index in [-0.39, 0.29) is 19.4 Å². The molecule has 1 fully saturated rings. The number of carbonyl (C=O) groups excluding carboxylic acids is 2. The van der Waals surface area contributed by atoms with Crippen molar-refractivity contribution < 1.29 is 49.3 Å². The summed E-state index contributed by atoms with van der Waals surface area (Å²) in [5, 5.41) is 57.1. The minimum absolute atomic E-state index is 0.127. The quantitative estimate of drug-likeness (QED) is 0.0195. The summed E-state index contributed by atoms with van der Waals surface area (Å²) < 4.78 is 17.7. The van der Waals surface area contributed by atoms with Gasteiger partial charge in [0.05, 0.1) is 25.4 Å². The fraction of sp³-hybridized carbons (Fsp3) is 0.887. The van der Waals surface area contributed by atoms with Crippen LogP contribution in [0.3, 0.4) is 0 Å². The summed E-state index contributed by atoms with van der Waals surface area (Å²) in [5.74, 6) is -1.19. The molecule has 1 aliphatic rings. The van der Waals surface area contributed by atoms with E-state index in [9.17, 15) is 35.1 Å². The number of carbonyl (C=O) groups is 2. The molecule has 82 heavy (non-hydrogen) atoms. The summed E-state index contributed by atoms with van der Waals surface area (Å²) in [7, 11) is 0. The standard InChI is InChI=1S/C71H133NO10/c1-4-7-10-13-16-19-22-25-27-28-29-30-31-32-33-34-35-36-37-38-39-41-44-47-50-53-56-59-66(76)82-69-68(78)67(77)65(60-73)81-71(69)80-61-62(63(74)57-54-51-48-45-42-24-21-18-15-12-9-6-3)72-70(79)64(75)58-55-52-49-46-43-40-26-23-20-17-14-11-8-5-2/h20,23,25,27,54,57,62-65,67-69,71,73-75,77-78H,4-19,21-22,24,26,28-53,55-56,58-61H2,1-3H3,(H,72,79)/b23-20-,27-25+,57-54+. The molecule has 8 atom stereocenters. The van der Waals surface area contributed by atoms with E-state index in [1.807, 2.05) is 6.08 Å². The van der Waals surface area contributed by atoms with Crippen LogP contribution in [0.25, 0.3) is 0 Å². The third-order valence-electron chi connectivity index (χ3n) is 16.8. The number of hydrogen-bond donors (Lipinski definition) is 6. The van der Waals surface area contributed by atoms with Crippen molar-refractivity contribution in [2.24, 2.45) is 0 Å². The van der Waals surface area contributed by atoms with Crippen LogP contribution in [0.15, 0.2) is 36.5 Å². The Morgan fingerprint density at radius 1 is 0.463 bits per heavy atom. The number of aliphatic hydroxyl groups excluding tert-OH is 5. The van der Waals surface area contributed by atoms with Crippen molar-refractivity contribution in [2.45, 2.75) is 391 Å². The first-order valence-corrected chi connectivity index (χ1v) is 35.3. The Morgan fingerprint density at radius 3 is 1.20 bits per heavy atom. The lowest BCUT2D eigenvalue weighted by molar-refractivity contribution is -0.305. The molecule has 1 saturated heterocycles. The number of allylic oxidation sites excluding steroid dienone is 5. The number of ether oxygens (including phenoxy) is 3. The number of rotatable bonds is 61. The van der Waals surface area contributed by atoms with Gasteiger partial charge in [0.15, 0.2) is 12.4 Å². The molecule has 0 aromatic rings. The minimum atomic E-state index is -1.61. The second-order valence-electron chi connectivity index (χ2n) is 24.6. The van der Waals surface area contributed by atoms with Gasteiger partial charge in [-0.25, -0.2) is 0 Å². The highest BCUT2D eigenvalue weighted by molar-refractivity contribution is 5.80. The lowest BCUT2D eigenvalue weighted by atomic mass is 9.99. The van der Waals surface area contributed by atoms with Crippen LogP contribution in [-0.2, 0) is 23.8 Å². The number of hydrogen-bond acceptors (Lipinski definition) is 10. The Kier molecular flexibility index (Phi) is 56.3. The Hall–Kier alpha value is -2.12. The molecule has 1 aliphatic heterocycles. The van der Waals surface area contributed by atoms with Gasteiger partial charge in [-0.3, -0.25) is 9.59 Å². The Morgan fingerprint density at radius 2 is 0.805 bits per heavy atom. The molecule has 1 rings (SSSR count). The normalized spacial score (nSPS) is 18.8. The van der Waals surface area contributed by atoms with Gasteiger partial charge < -0.3 is 45.1 Å². The topological polar surface area (TPSA) is 175 Å². The predicted molar refractivity (Wildman–Crippen MR) is 343 cm³/mol. The van der Waals surface area contributed by atoms with E-state index in [4.69, 9.17) is 14.2 Å². The van der Waals surface area contributed by atoms with Gasteiger partial charge >= 0.3 is 5.97 Å². The van der Waals surface area contributed by atoms with Crippen molar-refractivity contribution >= 4 is 11.9 Å². The van der Waals surface area contributed by atoms with Crippen molar-refractivity contribution in [1.82, 2.24) is 5.32 Å². The maximum absolute atomic E-state index is 13.4. The number of esters is 1. The molecule has 0 aromatic carbocycles. The fourth-order valence-corrected chi connectivity index (χ4v) is 11.2. The van der Waals surface area contributed by atoms with E-state index in [0.29, 0.717) is 12.8 Å². The first-order chi connectivity index (χ1) is 40.2. The van der Waals surface area contributed by atoms with E-state index in [2.05, 4.69) is 50.4 Å². The Bertz CT molecular complexity index is 1470. The maximum Gasteiger partial charge on any atom is 0.306 e. The lowest BCUT2D eigenvalue weighted by Gasteiger charge is -2.41. The average molecular weight is 1160 g/mol. The van der Waals surface area contributed by atoms with Gasteiger partial charge in [0, 0.05) is 6.42 Å². The summed E-state index contributed by atoms with van der Waals surface area (Å²) in [6.45, 7) is 5.81. The van der Waals surface area contributed by atoms with E-state index < -0.39 is 67.4 Å². The highest BCUT2D eigenvalue weighted by atomic mass is 16.7. The molecule has 0 radical (unpaired) electrons. The zero-order valence-electron chi connectivity index (χ0n) is 53.6. The molecule has 1 amide bonds. The molecule has 1 heterocycles. The monoisotopic (exact) mass is 1160 g/mol. The number of aliphatic hydroxyl groups is 5. The van der Waals surface area contributed by atoms with Gasteiger partial charge in [-0.05, 0) is 77.0 Å². The third-order valence-corrected chi connectivity index (χ3v) is 16.8. The van der Waals surface area contributed by atoms with Crippen molar-refractivity contribution in [1.29, 1.82) is 0 Å². The molecule has 482 valence electrons. The van der Waals surface area contributed by atoms with Crippen molar-refractivity contribution in [3.05, 3.63) is 36.5 Å². The van der Waals surface area contributed by atoms with E-state index in [0.717, 1.165) is 70.6 Å². The molecular formula is C71H133NO10. The summed E-state index contributed by atoms with van der Waals surface area (Å²) >= 11 is 0. The smallest absolute Gasteiger partial charge is 0.306 e. The largest absolute Gasteiger partial charge is 0.454 e. The van der Waals surface area contributed by atoms with Crippen LogP contribution in [0.4, 0.5) is 0 Å². The molecule has 8 unspecified atom stereocenters. The summed E-state index contributed by atoms with van der Waals surface area (Å²) in [6.07, 6.45) is 62.0. The third kappa shape index (κ3) is 46.1. The van der Waals surface area contributed by atoms with Crippen LogP contribution in [-0.4, -0.2) is 99.6 Å². The van der Waals surface area contributed by atoms with E-state index >= 15 is 0 Å². The van der Waals surface area contributed by atoms with Crippen LogP contribution in [0.1, 0.15) is 342 Å². The average Bonchev–Trinajstić information content (AvgIpc) is 3.68. The molecule has 0 aromatic heterocycles. The van der Waals surface area contributed by atoms with Crippen LogP contribution in [0.2, 0.25) is 0 Å². The predicted octanol–water partition coefficient (Wildman–Crippen LogP) is 17.8. The van der Waals surface area contributed by atoms with Gasteiger partial charge in [-0.2, -0.15) is 0 Å². The Labute approximate surface area is 504 Å². The molecule has 0 saturated carbocycles. The van der Waals surface area contributed by atoms with E-state index in [1.54, 1.807) is 6.08 Å². The fourth-order valence-electron chi connectivity index (χ4n) is 11.2. The maximum atomic E-state index is 13.4. The zero-order valence-corrected chi connectivity index (χ0v) is 53.6. The number of unbranched alkanes of at least 4 members (excludes halogenated alkanes) is 43. The van der Waals surface area contributed by atoms with Crippen LogP contribution < -0.4 is 5.32 Å². The molecule has 6 N–H and O–H groups in total. The minimum Gasteiger partial charge on any atom is -0.454 e. The molecule has 11 nitrogen and oxygen atoms in total. The molecule has 11 heteroatoms. The van der Waals surface area contributed by atoms with Gasteiger partial charge in [0.25, 0.3) is 0 Å². The molecule has 0 bridgehead atoms. The summed E-state index contributed by atoms with van der Waals surface area (Å²) in [4.78, 5) is 26.6. The van der Waals surface area contributed by atoms with Crippen molar-refractivity contribution in [2.75, 3.05) is 13.2 Å². The first-order valence-electron chi connectivity index (χ1n) is 35.3. The molecule has 0 aliphatic carbocycles. The number of nitrogens with one attached hydrogen (secondary N) is 1. The van der Waals surface area contributed by atoms with Gasteiger partial charge in [0.2, 0.25) is 5.91 Å². The van der Waals surface area contributed by atoms with Crippen molar-refractivity contribution in [3.63, 3.8) is 0 Å². The second kappa shape index (κ2) is 59.2. The van der Waals surface area contributed by atoms with Gasteiger partial charge in [-0.15, -0.1) is 0 Å². The van der Waals surface area contributed by atoms with Gasteiger partial charge in [0.1, 0.15) is 24.4 Å². The first kappa shape index (κ1) is 77.9. The second-order valence-corrected chi connectivity index (χ2v) is 24.6. The molecule has 0 spiro atoms. The SMILES string of the molecule is CCCCCC/C=C\CCCCCCCCC(O)C(=O)NC(COC1OC(CO)C(O)C(O)C1OC(=O)CCCCCCCCCCCCCCCCCCC/C=C/CCCCCCCC)C(O)/C=C/CCCCCCCCCCCC. The van der Waals surface area contributed by atoms with Crippen LogP contribution in [0.5, 0.6) is 0 Å². The van der Waals surface area contributed by atoms with Crippen LogP contribution >= 0.6 is 0 Å². The highest BCUT2D eigenvalue weighted by Gasteiger charge is 2.47. The van der Waals surface area contributed by atoms with Gasteiger partial charge in [-0.1, -0.05) is 295 Å². The zero-order chi connectivity index (χ0) is 59.6.